The molecule has 0 spiro atoms. The van der Waals surface area contributed by atoms with Gasteiger partial charge in [-0.15, -0.1) is 0 Å². The zero-order valence-corrected chi connectivity index (χ0v) is 19.0. The van der Waals surface area contributed by atoms with Gasteiger partial charge < -0.3 is 19.2 Å². The predicted octanol–water partition coefficient (Wildman–Crippen LogP) is 2.80. The number of aromatic nitrogens is 1. The van der Waals surface area contributed by atoms with Crippen molar-refractivity contribution in [2.75, 3.05) is 33.5 Å². The minimum absolute atomic E-state index is 0.0215. The van der Waals surface area contributed by atoms with Gasteiger partial charge in [-0.3, -0.25) is 4.79 Å². The summed E-state index contributed by atoms with van der Waals surface area (Å²) in [5.74, 6) is 0.610. The van der Waals surface area contributed by atoms with Crippen LogP contribution in [0.5, 0.6) is 5.75 Å². The number of nitrogens with zero attached hydrogens (tertiary/aromatic N) is 1. The van der Waals surface area contributed by atoms with Crippen molar-refractivity contribution in [3.63, 3.8) is 0 Å². The first-order chi connectivity index (χ1) is 15.4. The smallest absolute Gasteiger partial charge is 0.252 e. The lowest BCUT2D eigenvalue weighted by Gasteiger charge is -2.29. The Morgan fingerprint density at radius 3 is 2.72 bits per heavy atom. The van der Waals surface area contributed by atoms with Gasteiger partial charge in [0.2, 0.25) is 10.0 Å². The van der Waals surface area contributed by atoms with Crippen LogP contribution in [0.2, 0.25) is 5.02 Å². The van der Waals surface area contributed by atoms with Crippen molar-refractivity contribution >= 4 is 32.5 Å². The van der Waals surface area contributed by atoms with Crippen LogP contribution in [0, 0.1) is 0 Å². The molecule has 1 saturated heterocycles. The van der Waals surface area contributed by atoms with Gasteiger partial charge in [0.1, 0.15) is 10.6 Å². The standard InChI is InChI=1S/C22H23ClN2O6S/c1-29-17-7-6-15-10-16(22(26)24-20(15)11-17)12-25(13-18-14-30-8-9-31-18)32(27,28)21-5-3-2-4-19(21)23/h2-7,10-11,18H,8-9,12-14H2,1H3,(H,24,26)/t18-/m1/s1. The largest absolute Gasteiger partial charge is 0.497 e. The second-order valence-electron chi connectivity index (χ2n) is 7.37. The molecule has 0 aliphatic carbocycles. The van der Waals surface area contributed by atoms with Crippen LogP contribution >= 0.6 is 11.6 Å². The SMILES string of the molecule is COc1ccc2cc(CN(C[C@@H]3COCCO3)S(=O)(=O)c3ccccc3Cl)c(=O)[nH]c2c1. The number of halogens is 1. The summed E-state index contributed by atoms with van der Waals surface area (Å²) in [6, 6.07) is 13.2. The summed E-state index contributed by atoms with van der Waals surface area (Å²) >= 11 is 6.19. The van der Waals surface area contributed by atoms with Gasteiger partial charge >= 0.3 is 0 Å². The number of pyridine rings is 1. The molecule has 0 bridgehead atoms. The Bertz CT molecular complexity index is 1270. The summed E-state index contributed by atoms with van der Waals surface area (Å²) in [4.78, 5) is 15.6. The Kier molecular flexibility index (Phi) is 6.82. The summed E-state index contributed by atoms with van der Waals surface area (Å²) < 4.78 is 44.5. The lowest BCUT2D eigenvalue weighted by atomic mass is 10.1. The van der Waals surface area contributed by atoms with Crippen LogP contribution < -0.4 is 10.3 Å². The minimum Gasteiger partial charge on any atom is -0.497 e. The van der Waals surface area contributed by atoms with Crippen molar-refractivity contribution in [3.8, 4) is 5.75 Å². The Labute approximate surface area is 190 Å². The van der Waals surface area contributed by atoms with Crippen molar-refractivity contribution in [1.29, 1.82) is 0 Å². The fourth-order valence-electron chi connectivity index (χ4n) is 3.57. The molecule has 1 aliphatic rings. The van der Waals surface area contributed by atoms with E-state index < -0.39 is 16.1 Å². The van der Waals surface area contributed by atoms with E-state index in [1.54, 1.807) is 43.5 Å². The maximum absolute atomic E-state index is 13.5. The van der Waals surface area contributed by atoms with Crippen LogP contribution in [0.3, 0.4) is 0 Å². The quantitative estimate of drug-likeness (QED) is 0.560. The second kappa shape index (κ2) is 9.60. The van der Waals surface area contributed by atoms with E-state index in [1.165, 1.54) is 16.4 Å². The zero-order valence-electron chi connectivity index (χ0n) is 17.4. The van der Waals surface area contributed by atoms with Gasteiger partial charge in [-0.2, -0.15) is 4.31 Å². The molecule has 0 unspecified atom stereocenters. The van der Waals surface area contributed by atoms with Crippen LogP contribution in [0.15, 0.2) is 58.2 Å². The molecule has 1 aliphatic heterocycles. The summed E-state index contributed by atoms with van der Waals surface area (Å²) in [6.07, 6.45) is -0.454. The number of benzene rings is 2. The van der Waals surface area contributed by atoms with Crippen LogP contribution in [0.4, 0.5) is 0 Å². The van der Waals surface area contributed by atoms with Gasteiger partial charge in [0.05, 0.1) is 43.6 Å². The molecule has 8 nitrogen and oxygen atoms in total. The van der Waals surface area contributed by atoms with Gasteiger partial charge in [0, 0.05) is 24.7 Å². The van der Waals surface area contributed by atoms with E-state index >= 15 is 0 Å². The second-order valence-corrected chi connectivity index (χ2v) is 9.69. The predicted molar refractivity (Wildman–Crippen MR) is 121 cm³/mol. The monoisotopic (exact) mass is 478 g/mol. The summed E-state index contributed by atoms with van der Waals surface area (Å²) in [5.41, 5.74) is 0.517. The molecule has 170 valence electrons. The van der Waals surface area contributed by atoms with E-state index in [1.807, 2.05) is 0 Å². The van der Waals surface area contributed by atoms with Gasteiger partial charge in [-0.1, -0.05) is 23.7 Å². The van der Waals surface area contributed by atoms with Crippen LogP contribution in [0.1, 0.15) is 5.56 Å². The van der Waals surface area contributed by atoms with Crippen LogP contribution in [0.25, 0.3) is 10.9 Å². The first kappa shape index (κ1) is 22.8. The molecule has 0 radical (unpaired) electrons. The van der Waals surface area contributed by atoms with Crippen molar-refractivity contribution in [3.05, 3.63) is 69.5 Å². The molecule has 1 N–H and O–H groups in total. The Hall–Kier alpha value is -2.43. The van der Waals surface area contributed by atoms with Gasteiger partial charge in [0.15, 0.2) is 0 Å². The fraction of sp³-hybridized carbons (Fsp3) is 0.318. The zero-order chi connectivity index (χ0) is 22.7. The van der Waals surface area contributed by atoms with Crippen LogP contribution in [-0.2, 0) is 26.0 Å². The maximum Gasteiger partial charge on any atom is 0.252 e. The maximum atomic E-state index is 13.5. The summed E-state index contributed by atoms with van der Waals surface area (Å²) in [7, 11) is -2.47. The molecular weight excluding hydrogens is 456 g/mol. The third-order valence-corrected chi connectivity index (χ3v) is 7.53. The normalized spacial score (nSPS) is 17.0. The van der Waals surface area contributed by atoms with Gasteiger partial charge in [-0.05, 0) is 35.7 Å². The highest BCUT2D eigenvalue weighted by Gasteiger charge is 2.31. The number of ether oxygens (including phenoxy) is 3. The molecule has 3 aromatic rings. The highest BCUT2D eigenvalue weighted by molar-refractivity contribution is 7.89. The van der Waals surface area contributed by atoms with Crippen molar-refractivity contribution in [2.24, 2.45) is 0 Å². The van der Waals surface area contributed by atoms with Crippen molar-refractivity contribution in [2.45, 2.75) is 17.5 Å². The number of hydrogen-bond acceptors (Lipinski definition) is 6. The van der Waals surface area contributed by atoms with E-state index in [2.05, 4.69) is 4.98 Å². The Morgan fingerprint density at radius 1 is 1.19 bits per heavy atom. The third-order valence-electron chi connectivity index (χ3n) is 5.22. The number of H-pyrrole nitrogens is 1. The summed E-state index contributed by atoms with van der Waals surface area (Å²) in [5, 5.41) is 0.866. The average Bonchev–Trinajstić information content (AvgIpc) is 2.79. The lowest BCUT2D eigenvalue weighted by molar-refractivity contribution is -0.0923. The highest BCUT2D eigenvalue weighted by atomic mass is 35.5. The molecular formula is C22H23ClN2O6S. The number of nitrogens with one attached hydrogen (secondary N) is 1. The molecule has 1 aromatic heterocycles. The van der Waals surface area contributed by atoms with Gasteiger partial charge in [-0.25, -0.2) is 8.42 Å². The first-order valence-electron chi connectivity index (χ1n) is 10.0. The summed E-state index contributed by atoms with van der Waals surface area (Å²) in [6.45, 7) is 0.978. The molecule has 1 atom stereocenters. The van der Waals surface area contributed by atoms with E-state index in [4.69, 9.17) is 25.8 Å². The number of methoxy groups -OCH3 is 1. The first-order valence-corrected chi connectivity index (χ1v) is 11.8. The van der Waals surface area contributed by atoms with E-state index in [-0.39, 0.29) is 35.2 Å². The number of sulfonamides is 1. The van der Waals surface area contributed by atoms with Gasteiger partial charge in [0.25, 0.3) is 5.56 Å². The minimum atomic E-state index is -4.02. The molecule has 2 aromatic carbocycles. The molecule has 10 heteroatoms. The van der Waals surface area contributed by atoms with Crippen molar-refractivity contribution in [1.82, 2.24) is 9.29 Å². The number of hydrogen-bond donors (Lipinski definition) is 1. The Morgan fingerprint density at radius 2 is 2.00 bits per heavy atom. The van der Waals surface area contributed by atoms with Crippen LogP contribution in [-0.4, -0.2) is 57.3 Å². The number of aromatic amines is 1. The molecule has 2 heterocycles. The van der Waals surface area contributed by atoms with Crippen molar-refractivity contribution < 1.29 is 22.6 Å². The fourth-order valence-corrected chi connectivity index (χ4v) is 5.51. The van der Waals surface area contributed by atoms with E-state index in [0.717, 1.165) is 5.39 Å². The van der Waals surface area contributed by atoms with E-state index in [9.17, 15) is 13.2 Å². The lowest BCUT2D eigenvalue weighted by Crippen LogP contribution is -2.43. The number of rotatable bonds is 7. The Balaban J connectivity index is 1.72. The molecule has 0 saturated carbocycles. The highest BCUT2D eigenvalue weighted by Crippen LogP contribution is 2.26. The topological polar surface area (TPSA) is 97.9 Å². The van der Waals surface area contributed by atoms with E-state index in [0.29, 0.717) is 30.0 Å². The number of fused-ring (bicyclic) bond motifs is 1. The molecule has 4 rings (SSSR count). The molecule has 0 amide bonds. The average molecular weight is 479 g/mol. The molecule has 1 fully saturated rings. The molecule has 32 heavy (non-hydrogen) atoms. The third kappa shape index (κ3) is 4.82.